The van der Waals surface area contributed by atoms with Gasteiger partial charge in [-0.3, -0.25) is 14.5 Å². The average Bonchev–Trinajstić information content (AvgIpc) is 3.28. The molecular formula is C18H18ClNO2. The van der Waals surface area contributed by atoms with E-state index in [1.54, 1.807) is 12.1 Å². The Labute approximate surface area is 134 Å². The highest BCUT2D eigenvalue weighted by atomic mass is 35.5. The van der Waals surface area contributed by atoms with Crippen molar-refractivity contribution in [2.24, 2.45) is 35.5 Å². The number of hydrogen-bond donors (Lipinski definition) is 0. The third-order valence-electron chi connectivity index (χ3n) is 6.54. The molecule has 1 aliphatic heterocycles. The van der Waals surface area contributed by atoms with E-state index >= 15 is 0 Å². The fraction of sp³-hybridized carbons (Fsp3) is 0.556. The fourth-order valence-corrected chi connectivity index (χ4v) is 5.68. The molecule has 6 unspecified atom stereocenters. The molecule has 0 radical (unpaired) electrons. The number of aryl methyl sites for hydroxylation is 1. The van der Waals surface area contributed by atoms with Gasteiger partial charge < -0.3 is 0 Å². The highest BCUT2D eigenvalue weighted by molar-refractivity contribution is 6.31. The van der Waals surface area contributed by atoms with Gasteiger partial charge in [0.2, 0.25) is 11.8 Å². The van der Waals surface area contributed by atoms with Crippen LogP contribution in [0.2, 0.25) is 5.02 Å². The molecule has 0 N–H and O–H groups in total. The van der Waals surface area contributed by atoms with Crippen molar-refractivity contribution < 1.29 is 9.59 Å². The average molecular weight is 316 g/mol. The smallest absolute Gasteiger partial charge is 0.237 e. The highest BCUT2D eigenvalue weighted by Crippen LogP contribution is 2.68. The second-order valence-electron chi connectivity index (χ2n) is 7.47. The fourth-order valence-electron chi connectivity index (χ4n) is 5.56. The molecule has 1 heterocycles. The van der Waals surface area contributed by atoms with Gasteiger partial charge >= 0.3 is 0 Å². The molecule has 5 aliphatic rings. The lowest BCUT2D eigenvalue weighted by atomic mass is 9.59. The number of halogens is 1. The van der Waals surface area contributed by atoms with Crippen LogP contribution in [0.3, 0.4) is 0 Å². The molecule has 6 atom stereocenters. The molecule has 4 saturated carbocycles. The van der Waals surface area contributed by atoms with Crippen molar-refractivity contribution in [1.82, 2.24) is 0 Å². The summed E-state index contributed by atoms with van der Waals surface area (Å²) in [7, 11) is 0. The number of carbonyl (C=O) groups excluding carboxylic acids is 2. The molecule has 6 rings (SSSR count). The lowest BCUT2D eigenvalue weighted by Gasteiger charge is -2.42. The normalized spacial score (nSPS) is 41.6. The molecule has 22 heavy (non-hydrogen) atoms. The van der Waals surface area contributed by atoms with Gasteiger partial charge in [0.15, 0.2) is 0 Å². The maximum atomic E-state index is 13.0. The molecule has 0 aromatic heterocycles. The Morgan fingerprint density at radius 3 is 2.14 bits per heavy atom. The lowest BCUT2D eigenvalue weighted by Crippen LogP contribution is -2.43. The Morgan fingerprint density at radius 1 is 1.00 bits per heavy atom. The Morgan fingerprint density at radius 2 is 1.59 bits per heavy atom. The third-order valence-corrected chi connectivity index (χ3v) is 6.97. The SMILES string of the molecule is Cc1cc(N2C(=O)C3C4CCC(C5CC54)C3C2=O)ccc1Cl. The zero-order chi connectivity index (χ0) is 15.2. The van der Waals surface area contributed by atoms with E-state index in [1.807, 2.05) is 13.0 Å². The standard InChI is InChI=1S/C18H18ClNO2/c1-8-6-9(2-5-14(8)19)20-17(21)15-10-3-4-11(13-7-12(10)13)16(15)18(20)22/h2,5-6,10-13,15-16H,3-4,7H2,1H3. The monoisotopic (exact) mass is 315 g/mol. The molecule has 2 bridgehead atoms. The first-order chi connectivity index (χ1) is 10.6. The van der Waals surface area contributed by atoms with E-state index in [9.17, 15) is 9.59 Å². The summed E-state index contributed by atoms with van der Waals surface area (Å²) in [4.78, 5) is 27.4. The minimum absolute atomic E-state index is 0.0387. The van der Waals surface area contributed by atoms with Gasteiger partial charge in [-0.25, -0.2) is 0 Å². The van der Waals surface area contributed by atoms with Gasteiger partial charge in [-0.05, 0) is 73.6 Å². The molecule has 2 amide bonds. The molecule has 3 nitrogen and oxygen atoms in total. The topological polar surface area (TPSA) is 37.4 Å². The van der Waals surface area contributed by atoms with Crippen molar-refractivity contribution in [2.75, 3.05) is 4.90 Å². The summed E-state index contributed by atoms with van der Waals surface area (Å²) in [6.07, 6.45) is 3.53. The van der Waals surface area contributed by atoms with Crippen LogP contribution < -0.4 is 4.90 Å². The zero-order valence-corrected chi connectivity index (χ0v) is 13.2. The zero-order valence-electron chi connectivity index (χ0n) is 12.5. The van der Waals surface area contributed by atoms with Crippen LogP contribution in [0.5, 0.6) is 0 Å². The summed E-state index contributed by atoms with van der Waals surface area (Å²) in [5, 5.41) is 0.668. The number of anilines is 1. The third kappa shape index (κ3) is 1.48. The van der Waals surface area contributed by atoms with E-state index in [4.69, 9.17) is 11.6 Å². The van der Waals surface area contributed by atoms with Crippen LogP contribution in [-0.4, -0.2) is 11.8 Å². The van der Waals surface area contributed by atoms with E-state index in [0.29, 0.717) is 22.5 Å². The summed E-state index contributed by atoms with van der Waals surface area (Å²) in [6, 6.07) is 5.43. The van der Waals surface area contributed by atoms with Crippen LogP contribution in [0, 0.1) is 42.4 Å². The number of nitrogens with zero attached hydrogens (tertiary/aromatic N) is 1. The first-order valence-electron chi connectivity index (χ1n) is 8.22. The molecule has 5 fully saturated rings. The first kappa shape index (κ1) is 13.1. The summed E-state index contributed by atoms with van der Waals surface area (Å²) in [5.74, 6) is 2.34. The number of imide groups is 1. The maximum absolute atomic E-state index is 13.0. The maximum Gasteiger partial charge on any atom is 0.237 e. The molecule has 1 saturated heterocycles. The van der Waals surface area contributed by atoms with Crippen molar-refractivity contribution in [1.29, 1.82) is 0 Å². The van der Waals surface area contributed by atoms with Crippen LogP contribution in [-0.2, 0) is 9.59 Å². The quantitative estimate of drug-likeness (QED) is 0.745. The van der Waals surface area contributed by atoms with E-state index in [0.717, 1.165) is 30.2 Å². The molecule has 1 aromatic carbocycles. The molecule has 4 heteroatoms. The van der Waals surface area contributed by atoms with Gasteiger partial charge in [0.05, 0.1) is 17.5 Å². The molecular weight excluding hydrogens is 298 g/mol. The summed E-state index contributed by atoms with van der Waals surface area (Å²) >= 11 is 6.07. The second-order valence-corrected chi connectivity index (χ2v) is 7.87. The molecule has 0 spiro atoms. The number of hydrogen-bond acceptors (Lipinski definition) is 2. The minimum Gasteiger partial charge on any atom is -0.274 e. The summed E-state index contributed by atoms with van der Waals surface area (Å²) < 4.78 is 0. The van der Waals surface area contributed by atoms with Gasteiger partial charge in [-0.2, -0.15) is 0 Å². The predicted octanol–water partition coefficient (Wildman–Crippen LogP) is 3.43. The number of fused-ring (bicyclic) bond motifs is 1. The first-order valence-corrected chi connectivity index (χ1v) is 8.59. The van der Waals surface area contributed by atoms with Crippen molar-refractivity contribution in [3.8, 4) is 0 Å². The molecule has 4 aliphatic carbocycles. The van der Waals surface area contributed by atoms with E-state index in [2.05, 4.69) is 0 Å². The van der Waals surface area contributed by atoms with Crippen LogP contribution in [0.4, 0.5) is 5.69 Å². The van der Waals surface area contributed by atoms with Gasteiger partial charge in [0, 0.05) is 5.02 Å². The predicted molar refractivity (Wildman–Crippen MR) is 83.5 cm³/mol. The number of rotatable bonds is 1. The van der Waals surface area contributed by atoms with Crippen LogP contribution in [0.25, 0.3) is 0 Å². The van der Waals surface area contributed by atoms with Crippen molar-refractivity contribution in [3.63, 3.8) is 0 Å². The summed E-state index contributed by atoms with van der Waals surface area (Å²) in [5.41, 5.74) is 1.60. The van der Waals surface area contributed by atoms with Crippen molar-refractivity contribution in [3.05, 3.63) is 28.8 Å². The minimum atomic E-state index is -0.0500. The van der Waals surface area contributed by atoms with Crippen LogP contribution in [0.1, 0.15) is 24.8 Å². The van der Waals surface area contributed by atoms with E-state index < -0.39 is 0 Å². The largest absolute Gasteiger partial charge is 0.274 e. The molecule has 1 aromatic rings. The van der Waals surface area contributed by atoms with Gasteiger partial charge in [0.25, 0.3) is 0 Å². The van der Waals surface area contributed by atoms with Gasteiger partial charge in [0.1, 0.15) is 0 Å². The Bertz CT molecular complexity index is 681. The van der Waals surface area contributed by atoms with Crippen molar-refractivity contribution in [2.45, 2.75) is 26.2 Å². The van der Waals surface area contributed by atoms with Crippen LogP contribution in [0.15, 0.2) is 18.2 Å². The Hall–Kier alpha value is -1.35. The summed E-state index contributed by atoms with van der Waals surface area (Å²) in [6.45, 7) is 1.91. The highest BCUT2D eigenvalue weighted by Gasteiger charge is 2.68. The Balaban J connectivity index is 1.57. The van der Waals surface area contributed by atoms with E-state index in [-0.39, 0.29) is 23.7 Å². The van der Waals surface area contributed by atoms with Crippen LogP contribution >= 0.6 is 11.6 Å². The Kier molecular flexibility index (Phi) is 2.47. The van der Waals surface area contributed by atoms with Gasteiger partial charge in [-0.15, -0.1) is 0 Å². The molecule has 114 valence electrons. The van der Waals surface area contributed by atoms with E-state index in [1.165, 1.54) is 11.3 Å². The second kappa shape index (κ2) is 4.14. The van der Waals surface area contributed by atoms with Crippen molar-refractivity contribution >= 4 is 29.1 Å². The lowest BCUT2D eigenvalue weighted by molar-refractivity contribution is -0.129. The van der Waals surface area contributed by atoms with Gasteiger partial charge in [-0.1, -0.05) is 11.6 Å². The number of amides is 2. The number of benzene rings is 1. The number of carbonyl (C=O) groups is 2.